The maximum atomic E-state index is 12.9. The van der Waals surface area contributed by atoms with E-state index in [4.69, 9.17) is 14.7 Å². The second-order valence-corrected chi connectivity index (χ2v) is 7.38. The zero-order valence-corrected chi connectivity index (χ0v) is 17.5. The van der Waals surface area contributed by atoms with Crippen molar-refractivity contribution in [2.24, 2.45) is 12.2 Å². The average Bonchev–Trinajstić information content (AvgIpc) is 2.81. The Kier molecular flexibility index (Phi) is 6.19. The molecule has 0 spiro atoms. The van der Waals surface area contributed by atoms with E-state index in [2.05, 4.69) is 15.0 Å². The van der Waals surface area contributed by atoms with Gasteiger partial charge in [-0.3, -0.25) is 4.79 Å². The number of aromatic nitrogens is 2. The van der Waals surface area contributed by atoms with E-state index in [1.807, 2.05) is 36.4 Å². The number of para-hydroxylation sites is 3. The van der Waals surface area contributed by atoms with E-state index in [0.29, 0.717) is 47.4 Å². The van der Waals surface area contributed by atoms with E-state index in [0.717, 1.165) is 5.52 Å². The minimum Gasteiger partial charge on any atom is -0.493 e. The molecule has 0 aliphatic carbocycles. The number of hydrogen-bond acceptors (Lipinski definition) is 6. The van der Waals surface area contributed by atoms with Gasteiger partial charge in [0.25, 0.3) is 5.56 Å². The summed E-state index contributed by atoms with van der Waals surface area (Å²) in [4.78, 5) is 32.1. The number of nitrogens with zero attached hydrogens (tertiary/aromatic N) is 5. The Hall–Kier alpha value is -4.10. The van der Waals surface area contributed by atoms with Crippen molar-refractivity contribution in [1.82, 2.24) is 9.55 Å². The summed E-state index contributed by atoms with van der Waals surface area (Å²) >= 11 is 0. The maximum Gasteiger partial charge on any atom is 0.339 e. The number of benzene rings is 2. The smallest absolute Gasteiger partial charge is 0.339 e. The van der Waals surface area contributed by atoms with E-state index in [1.165, 1.54) is 6.07 Å². The first-order valence-electron chi connectivity index (χ1n) is 10.2. The van der Waals surface area contributed by atoms with Crippen LogP contribution in [0.1, 0.15) is 24.5 Å². The lowest BCUT2D eigenvalue weighted by molar-refractivity contribution is 0.302. The molecule has 0 fully saturated rings. The van der Waals surface area contributed by atoms with Gasteiger partial charge in [-0.1, -0.05) is 29.4 Å². The molecule has 0 bridgehead atoms. The molecule has 0 radical (unpaired) electrons. The SMILES string of the molecule is Cn1c(=O)c([C@H](CCCOc2cc(=O)oc3ccccc23)CN=[N+]=[N-])nc2ccccc21. The van der Waals surface area contributed by atoms with Crippen LogP contribution in [0.4, 0.5) is 0 Å². The molecular weight excluding hydrogens is 410 g/mol. The summed E-state index contributed by atoms with van der Waals surface area (Å²) in [6, 6.07) is 15.9. The van der Waals surface area contributed by atoms with Gasteiger partial charge in [-0.25, -0.2) is 9.78 Å². The predicted octanol–water partition coefficient (Wildman–Crippen LogP) is 4.29. The van der Waals surface area contributed by atoms with Crippen LogP contribution in [0.25, 0.3) is 32.4 Å². The van der Waals surface area contributed by atoms with Crippen molar-refractivity contribution < 1.29 is 9.15 Å². The zero-order valence-electron chi connectivity index (χ0n) is 17.5. The lowest BCUT2D eigenvalue weighted by Crippen LogP contribution is -2.26. The van der Waals surface area contributed by atoms with Crippen molar-refractivity contribution >= 4 is 22.0 Å². The molecule has 4 rings (SSSR count). The topological polar surface area (TPSA) is 123 Å². The highest BCUT2D eigenvalue weighted by atomic mass is 16.5. The molecule has 0 aliphatic heterocycles. The van der Waals surface area contributed by atoms with Crippen molar-refractivity contribution in [2.45, 2.75) is 18.8 Å². The van der Waals surface area contributed by atoms with Crippen LogP contribution in [-0.2, 0) is 7.05 Å². The first kappa shape index (κ1) is 21.1. The van der Waals surface area contributed by atoms with E-state index in [-0.39, 0.29) is 18.0 Å². The summed E-state index contributed by atoms with van der Waals surface area (Å²) < 4.78 is 12.6. The Labute approximate surface area is 182 Å². The average molecular weight is 431 g/mol. The van der Waals surface area contributed by atoms with Crippen LogP contribution in [-0.4, -0.2) is 22.7 Å². The van der Waals surface area contributed by atoms with E-state index in [1.54, 1.807) is 23.7 Å². The van der Waals surface area contributed by atoms with Gasteiger partial charge in [-0.05, 0) is 42.6 Å². The third kappa shape index (κ3) is 4.33. The van der Waals surface area contributed by atoms with Gasteiger partial charge in [0, 0.05) is 24.4 Å². The Morgan fingerprint density at radius 3 is 2.81 bits per heavy atom. The van der Waals surface area contributed by atoms with Crippen molar-refractivity contribution in [2.75, 3.05) is 13.2 Å². The van der Waals surface area contributed by atoms with Gasteiger partial charge in [-0.15, -0.1) is 0 Å². The van der Waals surface area contributed by atoms with Gasteiger partial charge in [0.15, 0.2) is 0 Å². The van der Waals surface area contributed by atoms with Crippen LogP contribution in [0, 0.1) is 0 Å². The molecule has 2 aromatic carbocycles. The molecule has 4 aromatic rings. The molecule has 9 nitrogen and oxygen atoms in total. The first-order valence-corrected chi connectivity index (χ1v) is 10.2. The lowest BCUT2D eigenvalue weighted by Gasteiger charge is -2.16. The molecule has 32 heavy (non-hydrogen) atoms. The Balaban J connectivity index is 1.53. The summed E-state index contributed by atoms with van der Waals surface area (Å²) in [7, 11) is 1.70. The Bertz CT molecular complexity index is 1440. The second kappa shape index (κ2) is 9.36. The zero-order chi connectivity index (χ0) is 22.5. The highest BCUT2D eigenvalue weighted by molar-refractivity contribution is 5.82. The van der Waals surface area contributed by atoms with Gasteiger partial charge in [0.2, 0.25) is 0 Å². The lowest BCUT2D eigenvalue weighted by atomic mass is 9.99. The van der Waals surface area contributed by atoms with Crippen LogP contribution in [0.2, 0.25) is 0 Å². The summed E-state index contributed by atoms with van der Waals surface area (Å²) in [5, 5.41) is 4.40. The van der Waals surface area contributed by atoms with Crippen molar-refractivity contribution in [1.29, 1.82) is 0 Å². The molecule has 0 unspecified atom stereocenters. The summed E-state index contributed by atoms with van der Waals surface area (Å²) in [6.45, 7) is 0.434. The number of aryl methyl sites for hydroxylation is 1. The number of azide groups is 1. The molecule has 162 valence electrons. The molecule has 0 saturated heterocycles. The Morgan fingerprint density at radius 2 is 1.97 bits per heavy atom. The third-order valence-electron chi connectivity index (χ3n) is 5.33. The van der Waals surface area contributed by atoms with E-state index < -0.39 is 5.63 Å². The second-order valence-electron chi connectivity index (χ2n) is 7.38. The van der Waals surface area contributed by atoms with E-state index >= 15 is 0 Å². The molecule has 0 N–H and O–H groups in total. The quantitative estimate of drug-likeness (QED) is 0.135. The standard InChI is InChI=1S/C23H21N5O4/c1-28-18-10-4-3-9-17(18)26-22(23(28)30)15(14-25-27-24)7-6-12-31-20-13-21(29)32-19-11-5-2-8-16(19)20/h2-5,8-11,13,15H,6-7,12,14H2,1H3/t15-/m1/s1. The van der Waals surface area contributed by atoms with Crippen LogP contribution in [0.15, 0.2) is 73.7 Å². The minimum absolute atomic E-state index is 0.120. The summed E-state index contributed by atoms with van der Waals surface area (Å²) in [6.07, 6.45) is 1.09. The molecular formula is C23H21N5O4. The first-order chi connectivity index (χ1) is 15.6. The largest absolute Gasteiger partial charge is 0.493 e. The van der Waals surface area contributed by atoms with Crippen molar-refractivity contribution in [3.8, 4) is 5.75 Å². The Morgan fingerprint density at radius 1 is 1.19 bits per heavy atom. The van der Waals surface area contributed by atoms with Gasteiger partial charge in [0.05, 0.1) is 29.1 Å². The number of fused-ring (bicyclic) bond motifs is 2. The number of hydrogen-bond donors (Lipinski definition) is 0. The third-order valence-corrected chi connectivity index (χ3v) is 5.33. The van der Waals surface area contributed by atoms with Crippen LogP contribution >= 0.6 is 0 Å². The fraction of sp³-hybridized carbons (Fsp3) is 0.261. The highest BCUT2D eigenvalue weighted by Crippen LogP contribution is 2.24. The molecule has 2 heterocycles. The van der Waals surface area contributed by atoms with Gasteiger partial charge in [0.1, 0.15) is 17.0 Å². The maximum absolute atomic E-state index is 12.9. The molecule has 0 amide bonds. The van der Waals surface area contributed by atoms with E-state index in [9.17, 15) is 9.59 Å². The summed E-state index contributed by atoms with van der Waals surface area (Å²) in [5.74, 6) is 0.0959. The number of ether oxygens (including phenoxy) is 1. The molecule has 9 heteroatoms. The van der Waals surface area contributed by atoms with Crippen LogP contribution in [0.3, 0.4) is 0 Å². The minimum atomic E-state index is -0.483. The molecule has 0 aliphatic rings. The van der Waals surface area contributed by atoms with Crippen LogP contribution in [0.5, 0.6) is 5.75 Å². The predicted molar refractivity (Wildman–Crippen MR) is 121 cm³/mol. The summed E-state index contributed by atoms with van der Waals surface area (Å²) in [5.41, 5.74) is 10.4. The molecule has 1 atom stereocenters. The van der Waals surface area contributed by atoms with Crippen LogP contribution < -0.4 is 15.9 Å². The molecule has 2 aromatic heterocycles. The van der Waals surface area contributed by atoms with Gasteiger partial charge < -0.3 is 13.7 Å². The van der Waals surface area contributed by atoms with Gasteiger partial charge in [-0.2, -0.15) is 0 Å². The van der Waals surface area contributed by atoms with Crippen molar-refractivity contribution in [3.05, 3.63) is 91.5 Å². The normalized spacial score (nSPS) is 11.9. The molecule has 0 saturated carbocycles. The number of rotatable bonds is 8. The monoisotopic (exact) mass is 431 g/mol. The highest BCUT2D eigenvalue weighted by Gasteiger charge is 2.19. The van der Waals surface area contributed by atoms with Crippen molar-refractivity contribution in [3.63, 3.8) is 0 Å². The fourth-order valence-corrected chi connectivity index (χ4v) is 3.73. The fourth-order valence-electron chi connectivity index (χ4n) is 3.73. The van der Waals surface area contributed by atoms with Gasteiger partial charge >= 0.3 is 5.63 Å².